The van der Waals surface area contributed by atoms with Gasteiger partial charge >= 0.3 is 0 Å². The number of thiophene rings is 2. The second-order valence-corrected chi connectivity index (χ2v) is 13.9. The van der Waals surface area contributed by atoms with Crippen LogP contribution in [0.25, 0.3) is 20.9 Å². The number of halogens is 1. The quantitative estimate of drug-likeness (QED) is 0.224. The van der Waals surface area contributed by atoms with Gasteiger partial charge in [0.25, 0.3) is 11.8 Å². The summed E-state index contributed by atoms with van der Waals surface area (Å²) in [5, 5.41) is 0. The molecule has 2 aromatic carbocycles. The Balaban J connectivity index is 0.000000161. The molecule has 0 radical (unpaired) electrons. The molecule has 0 N–H and O–H groups in total. The lowest BCUT2D eigenvalue weighted by atomic mass is 10.1. The van der Waals surface area contributed by atoms with Gasteiger partial charge in [0.1, 0.15) is 0 Å². The van der Waals surface area contributed by atoms with E-state index >= 15 is 0 Å². The number of nitrogens with zero attached hydrogens (tertiary/aromatic N) is 2. The number of carbonyl (C=O) groups excluding carboxylic acids is 2. The van der Waals surface area contributed by atoms with Crippen LogP contribution in [0.4, 0.5) is 0 Å². The number of likely N-dealkylation sites (tertiary alicyclic amines) is 2. The molecule has 2 fully saturated rings. The van der Waals surface area contributed by atoms with Crippen molar-refractivity contribution in [1.29, 1.82) is 0 Å². The zero-order valence-electron chi connectivity index (χ0n) is 22.9. The van der Waals surface area contributed by atoms with Crippen molar-refractivity contribution in [2.24, 2.45) is 0 Å². The first-order valence-electron chi connectivity index (χ1n) is 14.1. The highest BCUT2D eigenvalue weighted by atomic mass is 79.9. The van der Waals surface area contributed by atoms with Crippen LogP contribution in [0.1, 0.15) is 64.1 Å². The van der Waals surface area contributed by atoms with Crippen LogP contribution in [0.15, 0.2) is 76.6 Å². The molecule has 4 heterocycles. The minimum Gasteiger partial charge on any atom is -0.339 e. The predicted octanol–water partition coefficient (Wildman–Crippen LogP) is 9.15. The van der Waals surface area contributed by atoms with E-state index in [-0.39, 0.29) is 11.8 Å². The molecule has 2 saturated heterocycles. The van der Waals surface area contributed by atoms with Crippen LogP contribution in [0.2, 0.25) is 0 Å². The van der Waals surface area contributed by atoms with Crippen molar-refractivity contribution in [2.45, 2.75) is 45.4 Å². The maximum absolute atomic E-state index is 12.6. The van der Waals surface area contributed by atoms with Crippen LogP contribution in [0, 0.1) is 6.92 Å². The van der Waals surface area contributed by atoms with Crippen LogP contribution in [0.3, 0.4) is 0 Å². The van der Waals surface area contributed by atoms with Gasteiger partial charge < -0.3 is 9.80 Å². The average Bonchev–Trinajstić information content (AvgIpc) is 3.61. The third-order valence-electron chi connectivity index (χ3n) is 7.47. The summed E-state index contributed by atoms with van der Waals surface area (Å²) in [7, 11) is 0. The molecule has 2 aliphatic heterocycles. The van der Waals surface area contributed by atoms with E-state index in [1.54, 1.807) is 22.7 Å². The Hall–Kier alpha value is -2.74. The minimum absolute atomic E-state index is 0.162. The van der Waals surface area contributed by atoms with E-state index in [0.717, 1.165) is 82.1 Å². The van der Waals surface area contributed by atoms with Crippen LogP contribution in [-0.4, -0.2) is 47.8 Å². The van der Waals surface area contributed by atoms with Gasteiger partial charge in [-0.05, 0) is 84.6 Å². The fourth-order valence-electron chi connectivity index (χ4n) is 5.23. The van der Waals surface area contributed by atoms with E-state index in [0.29, 0.717) is 0 Å². The molecular weight excluding hydrogens is 600 g/mol. The monoisotopic (exact) mass is 634 g/mol. The molecule has 4 nitrogen and oxygen atoms in total. The first kappa shape index (κ1) is 28.8. The zero-order chi connectivity index (χ0) is 27.9. The van der Waals surface area contributed by atoms with Gasteiger partial charge in [-0.3, -0.25) is 9.59 Å². The van der Waals surface area contributed by atoms with Gasteiger partial charge in [-0.2, -0.15) is 0 Å². The highest BCUT2D eigenvalue weighted by molar-refractivity contribution is 9.11. The summed E-state index contributed by atoms with van der Waals surface area (Å²) in [6, 6.07) is 24.6. The number of aryl methyl sites for hydroxylation is 1. The predicted molar refractivity (Wildman–Crippen MR) is 171 cm³/mol. The molecule has 40 heavy (non-hydrogen) atoms. The molecule has 2 amide bonds. The molecule has 0 unspecified atom stereocenters. The Kier molecular flexibility index (Phi) is 9.89. The van der Waals surface area contributed by atoms with E-state index in [1.807, 2.05) is 59.2 Å². The molecule has 2 aliphatic rings. The van der Waals surface area contributed by atoms with Crippen LogP contribution in [-0.2, 0) is 0 Å². The van der Waals surface area contributed by atoms with E-state index in [1.165, 1.54) is 23.3 Å². The van der Waals surface area contributed by atoms with Crippen LogP contribution < -0.4 is 0 Å². The fraction of sp³-hybridized carbons (Fsp3) is 0.333. The smallest absolute Gasteiger partial charge is 0.255 e. The van der Waals surface area contributed by atoms with Crippen molar-refractivity contribution in [3.8, 4) is 20.9 Å². The highest BCUT2D eigenvalue weighted by Gasteiger charge is 2.23. The number of benzene rings is 2. The van der Waals surface area contributed by atoms with Gasteiger partial charge in [-0.25, -0.2) is 0 Å². The molecule has 208 valence electrons. The summed E-state index contributed by atoms with van der Waals surface area (Å²) in [5.41, 5.74) is 4.04. The lowest BCUT2D eigenvalue weighted by Gasteiger charge is -2.26. The second-order valence-electron chi connectivity index (χ2n) is 10.3. The molecule has 0 saturated carbocycles. The maximum Gasteiger partial charge on any atom is 0.255 e. The van der Waals surface area contributed by atoms with E-state index < -0.39 is 0 Å². The van der Waals surface area contributed by atoms with Crippen molar-refractivity contribution in [3.63, 3.8) is 0 Å². The standard InChI is InChI=1S/C17H19NOS.C16H16BrNOS/c1-13-15(17(19)18-10-6-3-7-11-18)12-16(20-13)14-8-4-2-5-9-14;17-15-13(16(19)18-9-5-2-6-10-18)11-14(20-15)12-7-3-1-4-8-12/h2,4-5,8-9,12H,3,6-7,10-11H2,1H3;1,3-4,7-8,11H,2,5-6,9-10H2. The van der Waals surface area contributed by atoms with Crippen molar-refractivity contribution >= 4 is 50.4 Å². The molecule has 0 spiro atoms. The first-order chi connectivity index (χ1) is 19.5. The molecule has 7 heteroatoms. The average molecular weight is 636 g/mol. The van der Waals surface area contributed by atoms with Crippen LogP contribution in [0.5, 0.6) is 0 Å². The van der Waals surface area contributed by atoms with Crippen molar-refractivity contribution in [1.82, 2.24) is 9.80 Å². The summed E-state index contributed by atoms with van der Waals surface area (Å²) < 4.78 is 0.937. The lowest BCUT2D eigenvalue weighted by Crippen LogP contribution is -2.35. The van der Waals surface area contributed by atoms with Gasteiger partial charge in [0, 0.05) is 40.8 Å². The van der Waals surface area contributed by atoms with Crippen molar-refractivity contribution in [2.75, 3.05) is 26.2 Å². The second kappa shape index (κ2) is 13.7. The topological polar surface area (TPSA) is 40.6 Å². The van der Waals surface area contributed by atoms with E-state index in [9.17, 15) is 9.59 Å². The molecule has 0 atom stereocenters. The van der Waals surface area contributed by atoms with Gasteiger partial charge in [-0.15, -0.1) is 22.7 Å². The molecule has 6 rings (SSSR count). The molecular formula is C33H35BrN2O2S2. The number of amides is 2. The van der Waals surface area contributed by atoms with E-state index in [2.05, 4.69) is 46.3 Å². The Bertz CT molecular complexity index is 1310. The Labute approximate surface area is 253 Å². The fourth-order valence-corrected chi connectivity index (χ4v) is 7.94. The minimum atomic E-state index is 0.162. The van der Waals surface area contributed by atoms with Gasteiger partial charge in [0.05, 0.1) is 14.9 Å². The SMILES string of the molecule is Cc1sc(-c2ccccc2)cc1C(=O)N1CCCCC1.O=C(c1cc(-c2ccccc2)sc1Br)N1CCCCC1. The Morgan fingerprint density at radius 1 is 0.625 bits per heavy atom. The molecule has 2 aromatic heterocycles. The maximum atomic E-state index is 12.6. The first-order valence-corrected chi connectivity index (χ1v) is 16.5. The summed E-state index contributed by atoms with van der Waals surface area (Å²) >= 11 is 6.89. The third kappa shape index (κ3) is 6.93. The number of piperidine rings is 2. The summed E-state index contributed by atoms with van der Waals surface area (Å²) in [4.78, 5) is 32.6. The Morgan fingerprint density at radius 2 is 1.05 bits per heavy atom. The number of hydrogen-bond donors (Lipinski definition) is 0. The zero-order valence-corrected chi connectivity index (χ0v) is 26.1. The van der Waals surface area contributed by atoms with Crippen molar-refractivity contribution < 1.29 is 9.59 Å². The number of rotatable bonds is 4. The third-order valence-corrected chi connectivity index (χ3v) is 10.5. The summed E-state index contributed by atoms with van der Waals surface area (Å²) in [5.74, 6) is 0.371. The lowest BCUT2D eigenvalue weighted by molar-refractivity contribution is 0.0717. The van der Waals surface area contributed by atoms with Crippen molar-refractivity contribution in [3.05, 3.63) is 92.6 Å². The van der Waals surface area contributed by atoms with Gasteiger partial charge in [0.2, 0.25) is 0 Å². The summed E-state index contributed by atoms with van der Waals surface area (Å²) in [6.07, 6.45) is 7.02. The van der Waals surface area contributed by atoms with Crippen LogP contribution >= 0.6 is 38.6 Å². The number of carbonyl (C=O) groups is 2. The summed E-state index contributed by atoms with van der Waals surface area (Å²) in [6.45, 7) is 5.65. The van der Waals surface area contributed by atoms with Gasteiger partial charge in [0.15, 0.2) is 0 Å². The Morgan fingerprint density at radius 3 is 1.55 bits per heavy atom. The van der Waals surface area contributed by atoms with Gasteiger partial charge in [-0.1, -0.05) is 60.7 Å². The molecule has 0 bridgehead atoms. The molecule has 0 aliphatic carbocycles. The normalized spacial score (nSPS) is 15.3. The largest absolute Gasteiger partial charge is 0.339 e. The molecule has 4 aromatic rings. The van der Waals surface area contributed by atoms with E-state index in [4.69, 9.17) is 0 Å². The number of hydrogen-bond acceptors (Lipinski definition) is 4. The highest BCUT2D eigenvalue weighted by Crippen LogP contribution is 2.36.